The van der Waals surface area contributed by atoms with Crippen molar-refractivity contribution in [2.75, 3.05) is 39.3 Å². The zero-order chi connectivity index (χ0) is 20.4. The number of ether oxygens (including phenoxy) is 1. The molecule has 2 fully saturated rings. The van der Waals surface area contributed by atoms with Gasteiger partial charge in [0.2, 0.25) is 10.0 Å². The normalized spacial score (nSPS) is 21.7. The van der Waals surface area contributed by atoms with Gasteiger partial charge in [0.1, 0.15) is 0 Å². The summed E-state index contributed by atoms with van der Waals surface area (Å²) in [5.41, 5.74) is 1.12. The third-order valence-electron chi connectivity index (χ3n) is 5.39. The molecule has 6 nitrogen and oxygen atoms in total. The van der Waals surface area contributed by atoms with Gasteiger partial charge in [0.05, 0.1) is 11.0 Å². The molecule has 2 heterocycles. The Kier molecular flexibility index (Phi) is 6.64. The van der Waals surface area contributed by atoms with Crippen LogP contribution in [0.25, 0.3) is 0 Å². The van der Waals surface area contributed by atoms with Crippen LogP contribution in [0.15, 0.2) is 29.2 Å². The summed E-state index contributed by atoms with van der Waals surface area (Å²) in [6.07, 6.45) is 2.40. The van der Waals surface area contributed by atoms with Crippen molar-refractivity contribution < 1.29 is 13.2 Å². The van der Waals surface area contributed by atoms with Gasteiger partial charge in [0.25, 0.3) is 0 Å². The number of thiocarbonyl (C=S) groups is 1. The van der Waals surface area contributed by atoms with E-state index >= 15 is 0 Å². The Morgan fingerprint density at radius 1 is 1.18 bits per heavy atom. The average Bonchev–Trinajstić information content (AvgIpc) is 3.19. The largest absolute Gasteiger partial charge is 0.376 e. The summed E-state index contributed by atoms with van der Waals surface area (Å²) in [7, 11) is -3.48. The van der Waals surface area contributed by atoms with Crippen molar-refractivity contribution in [1.82, 2.24) is 14.5 Å². The maximum Gasteiger partial charge on any atom is 0.243 e. The first-order chi connectivity index (χ1) is 13.2. The SMILES string of the molecule is CC(C)(C)c1ccc(S(=O)(=O)N2CCN(C(=S)NC[C@H]3CCCO3)CC2)cc1. The zero-order valence-corrected chi connectivity index (χ0v) is 18.6. The molecule has 0 unspecified atom stereocenters. The van der Waals surface area contributed by atoms with Gasteiger partial charge in [-0.2, -0.15) is 4.31 Å². The van der Waals surface area contributed by atoms with Gasteiger partial charge in [0, 0.05) is 39.3 Å². The highest BCUT2D eigenvalue weighted by Crippen LogP contribution is 2.25. The van der Waals surface area contributed by atoms with E-state index < -0.39 is 10.0 Å². The van der Waals surface area contributed by atoms with Gasteiger partial charge in [-0.15, -0.1) is 0 Å². The van der Waals surface area contributed by atoms with Crippen LogP contribution >= 0.6 is 12.2 Å². The lowest BCUT2D eigenvalue weighted by Crippen LogP contribution is -2.53. The quantitative estimate of drug-likeness (QED) is 0.747. The van der Waals surface area contributed by atoms with Gasteiger partial charge in [-0.1, -0.05) is 32.9 Å². The number of hydrogen-bond acceptors (Lipinski definition) is 4. The number of nitrogens with one attached hydrogen (secondary N) is 1. The highest BCUT2D eigenvalue weighted by atomic mass is 32.2. The summed E-state index contributed by atoms with van der Waals surface area (Å²) in [6.45, 7) is 9.95. The Bertz CT molecular complexity index is 774. The van der Waals surface area contributed by atoms with E-state index in [9.17, 15) is 8.42 Å². The first-order valence-corrected chi connectivity index (χ1v) is 11.8. The van der Waals surface area contributed by atoms with Gasteiger partial charge in [-0.3, -0.25) is 0 Å². The Morgan fingerprint density at radius 3 is 2.36 bits per heavy atom. The predicted octanol–water partition coefficient (Wildman–Crippen LogP) is 2.34. The van der Waals surface area contributed by atoms with Crippen LogP contribution in [-0.2, 0) is 20.2 Å². The molecule has 2 saturated heterocycles. The van der Waals surface area contributed by atoms with E-state index in [1.54, 1.807) is 16.4 Å². The van der Waals surface area contributed by atoms with E-state index in [-0.39, 0.29) is 11.5 Å². The molecule has 1 atom stereocenters. The second-order valence-electron chi connectivity index (χ2n) is 8.49. The fourth-order valence-corrected chi connectivity index (χ4v) is 5.21. The fraction of sp³-hybridized carbons (Fsp3) is 0.650. The summed E-state index contributed by atoms with van der Waals surface area (Å²) in [5.74, 6) is 0. The molecule has 0 bridgehead atoms. The van der Waals surface area contributed by atoms with E-state index in [0.717, 1.165) is 31.6 Å². The van der Waals surface area contributed by atoms with Gasteiger partial charge in [0.15, 0.2) is 5.11 Å². The average molecular weight is 426 g/mol. The van der Waals surface area contributed by atoms with E-state index in [0.29, 0.717) is 36.2 Å². The molecule has 8 heteroatoms. The van der Waals surface area contributed by atoms with Crippen LogP contribution < -0.4 is 5.32 Å². The molecule has 0 radical (unpaired) electrons. The molecule has 1 aromatic carbocycles. The molecule has 1 N–H and O–H groups in total. The van der Waals surface area contributed by atoms with Crippen molar-refractivity contribution in [3.05, 3.63) is 29.8 Å². The number of piperazine rings is 1. The van der Waals surface area contributed by atoms with Crippen LogP contribution in [-0.4, -0.2) is 68.2 Å². The summed E-state index contributed by atoms with van der Waals surface area (Å²) in [4.78, 5) is 2.40. The van der Waals surface area contributed by atoms with Crippen molar-refractivity contribution in [2.45, 2.75) is 50.0 Å². The number of nitrogens with zero attached hydrogens (tertiary/aromatic N) is 2. The second kappa shape index (κ2) is 8.65. The molecular weight excluding hydrogens is 394 g/mol. The van der Waals surface area contributed by atoms with Crippen LogP contribution in [0.2, 0.25) is 0 Å². The minimum Gasteiger partial charge on any atom is -0.376 e. The van der Waals surface area contributed by atoms with Crippen molar-refractivity contribution in [3.63, 3.8) is 0 Å². The highest BCUT2D eigenvalue weighted by Gasteiger charge is 2.29. The lowest BCUT2D eigenvalue weighted by atomic mass is 9.87. The Labute approximate surface area is 174 Å². The first kappa shape index (κ1) is 21.5. The molecule has 0 aliphatic carbocycles. The lowest BCUT2D eigenvalue weighted by molar-refractivity contribution is 0.113. The van der Waals surface area contributed by atoms with Crippen molar-refractivity contribution in [1.29, 1.82) is 0 Å². The molecule has 0 saturated carbocycles. The molecule has 3 rings (SSSR count). The smallest absolute Gasteiger partial charge is 0.243 e. The van der Waals surface area contributed by atoms with Crippen LogP contribution in [0.1, 0.15) is 39.2 Å². The standard InChI is InChI=1S/C20H31N3O3S2/c1-20(2,3)16-6-8-18(9-7-16)28(24,25)23-12-10-22(11-13-23)19(27)21-15-17-5-4-14-26-17/h6-9,17H,4-5,10-15H2,1-3H3,(H,21,27)/t17-/m1/s1. The molecule has 156 valence electrons. The maximum atomic E-state index is 13.0. The Morgan fingerprint density at radius 2 is 1.82 bits per heavy atom. The van der Waals surface area contributed by atoms with E-state index in [1.807, 2.05) is 17.0 Å². The predicted molar refractivity (Wildman–Crippen MR) is 115 cm³/mol. The van der Waals surface area contributed by atoms with Gasteiger partial charge < -0.3 is 15.0 Å². The summed E-state index contributed by atoms with van der Waals surface area (Å²) >= 11 is 5.47. The first-order valence-electron chi connectivity index (χ1n) is 9.93. The molecule has 0 amide bonds. The van der Waals surface area contributed by atoms with Crippen LogP contribution in [0.4, 0.5) is 0 Å². The van der Waals surface area contributed by atoms with Gasteiger partial charge in [-0.25, -0.2) is 8.42 Å². The monoisotopic (exact) mass is 425 g/mol. The van der Waals surface area contributed by atoms with Crippen molar-refractivity contribution >= 4 is 27.4 Å². The topological polar surface area (TPSA) is 61.9 Å². The third kappa shape index (κ3) is 5.03. The minimum absolute atomic E-state index is 0.000149. The molecule has 1 aromatic rings. The number of rotatable bonds is 4. The van der Waals surface area contributed by atoms with Crippen molar-refractivity contribution in [2.24, 2.45) is 0 Å². The Hall–Kier alpha value is -1.22. The molecule has 0 spiro atoms. The molecule has 28 heavy (non-hydrogen) atoms. The zero-order valence-electron chi connectivity index (χ0n) is 17.0. The minimum atomic E-state index is -3.48. The Balaban J connectivity index is 1.55. The highest BCUT2D eigenvalue weighted by molar-refractivity contribution is 7.89. The molecule has 2 aliphatic heterocycles. The summed E-state index contributed by atoms with van der Waals surface area (Å²) in [5, 5.41) is 3.95. The van der Waals surface area contributed by atoms with E-state index in [1.165, 1.54) is 0 Å². The van der Waals surface area contributed by atoms with Gasteiger partial charge >= 0.3 is 0 Å². The maximum absolute atomic E-state index is 13.0. The molecular formula is C20H31N3O3S2. The number of sulfonamides is 1. The lowest BCUT2D eigenvalue weighted by Gasteiger charge is -2.35. The summed E-state index contributed by atoms with van der Waals surface area (Å²) in [6, 6.07) is 7.26. The number of benzene rings is 1. The van der Waals surface area contributed by atoms with Crippen LogP contribution in [0, 0.1) is 0 Å². The second-order valence-corrected chi connectivity index (χ2v) is 10.8. The number of hydrogen-bond donors (Lipinski definition) is 1. The molecule has 0 aromatic heterocycles. The summed E-state index contributed by atoms with van der Waals surface area (Å²) < 4.78 is 33.1. The van der Waals surface area contributed by atoms with E-state index in [4.69, 9.17) is 17.0 Å². The fourth-order valence-electron chi connectivity index (χ4n) is 3.53. The third-order valence-corrected chi connectivity index (χ3v) is 7.70. The van der Waals surface area contributed by atoms with Crippen LogP contribution in [0.3, 0.4) is 0 Å². The molecule has 2 aliphatic rings. The van der Waals surface area contributed by atoms with Crippen molar-refractivity contribution in [3.8, 4) is 0 Å². The van der Waals surface area contributed by atoms with Gasteiger partial charge in [-0.05, 0) is 48.2 Å². The van der Waals surface area contributed by atoms with Crippen LogP contribution in [0.5, 0.6) is 0 Å². The van der Waals surface area contributed by atoms with E-state index in [2.05, 4.69) is 26.1 Å².